The van der Waals surface area contributed by atoms with Crippen molar-refractivity contribution >= 4 is 11.6 Å². The molecule has 1 heterocycles. The summed E-state index contributed by atoms with van der Waals surface area (Å²) in [4.78, 5) is 22.2. The Hall–Kier alpha value is -2.90. The van der Waals surface area contributed by atoms with Crippen molar-refractivity contribution in [2.75, 3.05) is 7.11 Å². The van der Waals surface area contributed by atoms with E-state index in [4.69, 9.17) is 4.74 Å². The molecule has 1 amide bonds. The normalized spacial score (nSPS) is 13.1. The number of methoxy groups -OCH3 is 1. The van der Waals surface area contributed by atoms with Crippen LogP contribution in [0.5, 0.6) is 5.75 Å². The Labute approximate surface area is 145 Å². The predicted molar refractivity (Wildman–Crippen MR) is 92.5 cm³/mol. The first-order valence-electron chi connectivity index (χ1n) is 8.01. The maximum atomic E-state index is 12.1. The summed E-state index contributed by atoms with van der Waals surface area (Å²) in [6, 6.07) is 7.70. The Balaban J connectivity index is 1.84. The van der Waals surface area contributed by atoms with Crippen LogP contribution < -0.4 is 10.1 Å². The number of aryl methyl sites for hydroxylation is 1. The van der Waals surface area contributed by atoms with Crippen molar-refractivity contribution in [3.8, 4) is 5.75 Å². The summed E-state index contributed by atoms with van der Waals surface area (Å²) in [5, 5.41) is 17.4. The third kappa shape index (κ3) is 5.03. The highest BCUT2D eigenvalue weighted by Crippen LogP contribution is 2.22. The van der Waals surface area contributed by atoms with E-state index in [1.807, 2.05) is 38.1 Å². The van der Waals surface area contributed by atoms with Gasteiger partial charge < -0.3 is 10.1 Å². The number of benzene rings is 1. The quantitative estimate of drug-likeness (QED) is 0.585. The Kier molecular flexibility index (Phi) is 6.10. The molecule has 2 aromatic rings. The zero-order valence-corrected chi connectivity index (χ0v) is 14.5. The van der Waals surface area contributed by atoms with Gasteiger partial charge in [0.15, 0.2) is 0 Å². The molecule has 8 nitrogen and oxygen atoms in total. The molecule has 1 aromatic heterocycles. The van der Waals surface area contributed by atoms with Gasteiger partial charge in [-0.25, -0.2) is 0 Å². The van der Waals surface area contributed by atoms with E-state index >= 15 is 0 Å². The average Bonchev–Trinajstić information content (AvgIpc) is 3.08. The van der Waals surface area contributed by atoms with Crippen molar-refractivity contribution in [3.05, 3.63) is 52.3 Å². The summed E-state index contributed by atoms with van der Waals surface area (Å²) >= 11 is 0. The lowest BCUT2D eigenvalue weighted by Crippen LogP contribution is -2.36. The molecule has 2 rings (SSSR count). The summed E-state index contributed by atoms with van der Waals surface area (Å²) in [6.45, 7) is 4.29. The number of nitrogens with one attached hydrogen (secondary N) is 1. The minimum atomic E-state index is -0.512. The van der Waals surface area contributed by atoms with Crippen molar-refractivity contribution in [1.29, 1.82) is 0 Å². The second-order valence-corrected chi connectivity index (χ2v) is 5.89. The van der Waals surface area contributed by atoms with Gasteiger partial charge in [-0.15, -0.1) is 0 Å². The number of ether oxygens (including phenoxy) is 1. The van der Waals surface area contributed by atoms with Gasteiger partial charge in [-0.05, 0) is 24.6 Å². The lowest BCUT2D eigenvalue weighted by atomic mass is 9.94. The molecule has 0 aliphatic carbocycles. The second kappa shape index (κ2) is 8.27. The smallest absolute Gasteiger partial charge is 0.306 e. The van der Waals surface area contributed by atoms with Crippen LogP contribution in [0.1, 0.15) is 31.7 Å². The molecule has 1 N–H and O–H groups in total. The Morgan fingerprint density at radius 3 is 2.60 bits per heavy atom. The number of aromatic nitrogens is 2. The van der Waals surface area contributed by atoms with Crippen LogP contribution in [0.15, 0.2) is 36.7 Å². The van der Waals surface area contributed by atoms with E-state index < -0.39 is 4.92 Å². The molecular weight excluding hydrogens is 324 g/mol. The van der Waals surface area contributed by atoms with E-state index in [-0.39, 0.29) is 30.0 Å². The number of amides is 1. The van der Waals surface area contributed by atoms with Gasteiger partial charge in [0.2, 0.25) is 5.91 Å². The molecule has 134 valence electrons. The Morgan fingerprint density at radius 2 is 2.04 bits per heavy atom. The Morgan fingerprint density at radius 1 is 1.36 bits per heavy atom. The molecule has 0 fully saturated rings. The van der Waals surface area contributed by atoms with E-state index in [2.05, 4.69) is 10.4 Å². The molecule has 2 atom stereocenters. The van der Waals surface area contributed by atoms with Gasteiger partial charge >= 0.3 is 5.69 Å². The van der Waals surface area contributed by atoms with Gasteiger partial charge in [-0.3, -0.25) is 19.6 Å². The van der Waals surface area contributed by atoms with Crippen LogP contribution in [0, 0.1) is 10.1 Å². The topological polar surface area (TPSA) is 99.3 Å². The first kappa shape index (κ1) is 18.4. The maximum Gasteiger partial charge on any atom is 0.306 e. The fraction of sp³-hybridized carbons (Fsp3) is 0.412. The van der Waals surface area contributed by atoms with Crippen molar-refractivity contribution < 1.29 is 14.5 Å². The maximum absolute atomic E-state index is 12.1. The summed E-state index contributed by atoms with van der Waals surface area (Å²) in [6.07, 6.45) is 2.70. The number of hydrogen-bond acceptors (Lipinski definition) is 5. The highest BCUT2D eigenvalue weighted by molar-refractivity contribution is 5.76. The first-order valence-corrected chi connectivity index (χ1v) is 8.01. The van der Waals surface area contributed by atoms with Crippen molar-refractivity contribution in [3.63, 3.8) is 0 Å². The van der Waals surface area contributed by atoms with Gasteiger partial charge in [-0.1, -0.05) is 19.1 Å². The highest BCUT2D eigenvalue weighted by atomic mass is 16.6. The molecule has 0 radical (unpaired) electrons. The van der Waals surface area contributed by atoms with E-state index in [9.17, 15) is 14.9 Å². The van der Waals surface area contributed by atoms with Crippen LogP contribution in [0.4, 0.5) is 5.69 Å². The zero-order valence-electron chi connectivity index (χ0n) is 14.5. The lowest BCUT2D eigenvalue weighted by Gasteiger charge is -2.22. The summed E-state index contributed by atoms with van der Waals surface area (Å²) in [7, 11) is 1.62. The molecule has 0 aliphatic heterocycles. The third-order valence-corrected chi connectivity index (χ3v) is 4.18. The predicted octanol–water partition coefficient (Wildman–Crippen LogP) is 2.50. The fourth-order valence-electron chi connectivity index (χ4n) is 2.43. The molecule has 25 heavy (non-hydrogen) atoms. The molecule has 1 aromatic carbocycles. The molecule has 0 saturated heterocycles. The Bertz CT molecular complexity index is 727. The number of hydrogen-bond donors (Lipinski definition) is 1. The monoisotopic (exact) mass is 346 g/mol. The second-order valence-electron chi connectivity index (χ2n) is 5.89. The van der Waals surface area contributed by atoms with Crippen LogP contribution in [0.3, 0.4) is 0 Å². The van der Waals surface area contributed by atoms with Gasteiger partial charge in [0.05, 0.1) is 12.0 Å². The number of rotatable bonds is 8. The third-order valence-electron chi connectivity index (χ3n) is 4.18. The zero-order chi connectivity index (χ0) is 18.4. The van der Waals surface area contributed by atoms with E-state index in [0.717, 1.165) is 11.3 Å². The molecule has 8 heteroatoms. The van der Waals surface area contributed by atoms with Gasteiger partial charge in [0, 0.05) is 24.9 Å². The first-order chi connectivity index (χ1) is 11.9. The van der Waals surface area contributed by atoms with Gasteiger partial charge in [-0.2, -0.15) is 5.10 Å². The van der Waals surface area contributed by atoms with E-state index in [0.29, 0.717) is 6.54 Å². The summed E-state index contributed by atoms with van der Waals surface area (Å²) < 4.78 is 6.54. The molecule has 0 saturated carbocycles. The van der Waals surface area contributed by atoms with E-state index in [1.165, 1.54) is 17.1 Å². The van der Waals surface area contributed by atoms with Crippen LogP contribution in [-0.4, -0.2) is 33.8 Å². The lowest BCUT2D eigenvalue weighted by molar-refractivity contribution is -0.385. The average molecular weight is 346 g/mol. The van der Waals surface area contributed by atoms with Crippen molar-refractivity contribution in [2.24, 2.45) is 0 Å². The molecular formula is C17H22N4O4. The number of carbonyl (C=O) groups excluding carboxylic acids is 1. The fourth-order valence-corrected chi connectivity index (χ4v) is 2.43. The van der Waals surface area contributed by atoms with Crippen molar-refractivity contribution in [2.45, 2.75) is 38.8 Å². The molecule has 0 spiro atoms. The summed E-state index contributed by atoms with van der Waals surface area (Å²) in [5.74, 6) is 0.813. The van der Waals surface area contributed by atoms with Crippen LogP contribution >= 0.6 is 0 Å². The minimum absolute atomic E-state index is 0.0483. The SMILES string of the molecule is COc1ccc(C(C)C(C)NC(=O)CCn2cc([N+](=O)[O-])cn2)cc1. The van der Waals surface area contributed by atoms with Gasteiger partial charge in [0.25, 0.3) is 0 Å². The highest BCUT2D eigenvalue weighted by Gasteiger charge is 2.17. The number of nitro groups is 1. The van der Waals surface area contributed by atoms with Crippen LogP contribution in [-0.2, 0) is 11.3 Å². The standard InChI is InChI=1S/C17H22N4O4/c1-12(14-4-6-16(25-3)7-5-14)13(2)19-17(22)8-9-20-11-15(10-18-20)21(23)24/h4-7,10-13H,8-9H2,1-3H3,(H,19,22). The minimum Gasteiger partial charge on any atom is -0.497 e. The molecule has 0 bridgehead atoms. The number of carbonyl (C=O) groups is 1. The van der Waals surface area contributed by atoms with Crippen molar-refractivity contribution in [1.82, 2.24) is 15.1 Å². The van der Waals surface area contributed by atoms with E-state index in [1.54, 1.807) is 7.11 Å². The molecule has 2 unspecified atom stereocenters. The van der Waals surface area contributed by atoms with Crippen LogP contribution in [0.2, 0.25) is 0 Å². The molecule has 0 aliphatic rings. The van der Waals surface area contributed by atoms with Gasteiger partial charge in [0.1, 0.15) is 18.1 Å². The van der Waals surface area contributed by atoms with Crippen LogP contribution in [0.25, 0.3) is 0 Å². The summed E-state index contributed by atoms with van der Waals surface area (Å²) in [5.41, 5.74) is 1.03. The largest absolute Gasteiger partial charge is 0.497 e. The number of nitrogens with zero attached hydrogens (tertiary/aromatic N) is 3.